The summed E-state index contributed by atoms with van der Waals surface area (Å²) in [6.45, 7) is 5.97. The normalized spacial score (nSPS) is 24.3. The lowest BCUT2D eigenvalue weighted by molar-refractivity contribution is -0.108. The zero-order valence-corrected chi connectivity index (χ0v) is 17.6. The second-order valence-electron chi connectivity index (χ2n) is 9.02. The molecular weight excluding hydrogens is 380 g/mol. The molecule has 9 nitrogen and oxygen atoms in total. The van der Waals surface area contributed by atoms with Crippen molar-refractivity contribution in [1.82, 2.24) is 25.1 Å². The Hall–Kier alpha value is -2.52. The van der Waals surface area contributed by atoms with E-state index in [2.05, 4.69) is 39.2 Å². The lowest BCUT2D eigenvalue weighted by Crippen LogP contribution is -2.63. The molecule has 0 radical (unpaired) electrons. The molecule has 2 aliphatic heterocycles. The molecule has 3 aliphatic rings. The molecule has 0 bridgehead atoms. The van der Waals surface area contributed by atoms with Crippen LogP contribution < -0.4 is 16.0 Å². The molecular formula is C21H30N8O. The molecule has 2 aromatic rings. The van der Waals surface area contributed by atoms with Crippen LogP contribution in [0.1, 0.15) is 56.0 Å². The molecule has 9 heteroatoms. The quantitative estimate of drug-likeness (QED) is 0.616. The summed E-state index contributed by atoms with van der Waals surface area (Å²) < 4.78 is 0. The van der Waals surface area contributed by atoms with E-state index in [-0.39, 0.29) is 18.2 Å². The third-order valence-corrected chi connectivity index (χ3v) is 6.53. The Morgan fingerprint density at radius 1 is 1.27 bits per heavy atom. The lowest BCUT2D eigenvalue weighted by atomic mass is 10.1. The van der Waals surface area contributed by atoms with Gasteiger partial charge in [-0.2, -0.15) is 10.1 Å². The highest BCUT2D eigenvalue weighted by Gasteiger charge is 2.42. The minimum absolute atomic E-state index is 0.130. The highest BCUT2D eigenvalue weighted by atomic mass is 16.1. The van der Waals surface area contributed by atoms with E-state index in [4.69, 9.17) is 15.7 Å². The number of nitrogens with two attached hydrogens (primary N) is 1. The van der Waals surface area contributed by atoms with Gasteiger partial charge < -0.3 is 20.7 Å². The van der Waals surface area contributed by atoms with Crippen molar-refractivity contribution >= 4 is 23.9 Å². The molecule has 4 heterocycles. The minimum Gasteiger partial charge on any atom is -0.325 e. The molecule has 1 aliphatic carbocycles. The molecule has 160 valence electrons. The van der Waals surface area contributed by atoms with Gasteiger partial charge in [0.1, 0.15) is 12.1 Å². The Balaban J connectivity index is 1.48. The van der Waals surface area contributed by atoms with E-state index in [9.17, 15) is 4.79 Å². The number of carbonyl (C=O) groups is 1. The van der Waals surface area contributed by atoms with Crippen LogP contribution in [0.4, 0.5) is 17.6 Å². The average molecular weight is 411 g/mol. The van der Waals surface area contributed by atoms with Gasteiger partial charge in [0.15, 0.2) is 5.82 Å². The van der Waals surface area contributed by atoms with Crippen molar-refractivity contribution in [3.63, 3.8) is 0 Å². The van der Waals surface area contributed by atoms with Crippen LogP contribution in [0.25, 0.3) is 0 Å². The Morgan fingerprint density at radius 2 is 2.10 bits per heavy atom. The number of hydrogen-bond donors (Lipinski definition) is 3. The first-order valence-electron chi connectivity index (χ1n) is 11.0. The zero-order valence-electron chi connectivity index (χ0n) is 17.6. The van der Waals surface area contributed by atoms with Gasteiger partial charge in [0.25, 0.3) is 0 Å². The number of anilines is 3. The highest BCUT2D eigenvalue weighted by Crippen LogP contribution is 2.36. The van der Waals surface area contributed by atoms with Crippen molar-refractivity contribution in [1.29, 1.82) is 0 Å². The van der Waals surface area contributed by atoms with Gasteiger partial charge in [-0.1, -0.05) is 13.8 Å². The Morgan fingerprint density at radius 3 is 2.80 bits per heavy atom. The number of aldehydes is 1. The van der Waals surface area contributed by atoms with Gasteiger partial charge in [0, 0.05) is 36.5 Å². The molecule has 2 aromatic heterocycles. The number of nitrogens with zero attached hydrogens (tertiary/aromatic N) is 5. The van der Waals surface area contributed by atoms with Gasteiger partial charge >= 0.3 is 0 Å². The van der Waals surface area contributed by atoms with Gasteiger partial charge in [-0.15, -0.1) is 0 Å². The summed E-state index contributed by atoms with van der Waals surface area (Å²) in [4.78, 5) is 26.1. The third-order valence-electron chi connectivity index (χ3n) is 6.53. The number of fused-ring (bicyclic) bond motifs is 1. The molecule has 2 fully saturated rings. The summed E-state index contributed by atoms with van der Waals surface area (Å²) in [6, 6.07) is 2.05. The standard InChI is InChI=1S/C21H30N8O/c1-12(2)17-8-18(27-26-17)24-20-15-4-3-5-16(15)23-21(25-20)29-14(11-30)6-7-19(29)28-9-13(22)10-28/h8,11-14,19H,3-7,9-10,22H2,1-2H3,(H2,23,24,25,26,27). The van der Waals surface area contributed by atoms with E-state index in [0.717, 1.165) is 80.1 Å². The smallest absolute Gasteiger partial charge is 0.229 e. The molecule has 0 saturated carbocycles. The number of aryl methyl sites for hydroxylation is 1. The molecule has 5 rings (SSSR count). The maximum atomic E-state index is 11.8. The van der Waals surface area contributed by atoms with E-state index in [0.29, 0.717) is 11.9 Å². The van der Waals surface area contributed by atoms with Crippen LogP contribution in [0.3, 0.4) is 0 Å². The molecule has 0 aromatic carbocycles. The van der Waals surface area contributed by atoms with Crippen LogP contribution >= 0.6 is 0 Å². The minimum atomic E-state index is -0.197. The zero-order chi connectivity index (χ0) is 20.8. The maximum Gasteiger partial charge on any atom is 0.229 e. The first-order valence-corrected chi connectivity index (χ1v) is 11.0. The van der Waals surface area contributed by atoms with Crippen LogP contribution in [0.15, 0.2) is 6.07 Å². The second kappa shape index (κ2) is 7.63. The first kappa shape index (κ1) is 19.4. The van der Waals surface area contributed by atoms with Crippen molar-refractivity contribution in [2.24, 2.45) is 5.73 Å². The summed E-state index contributed by atoms with van der Waals surface area (Å²) >= 11 is 0. The largest absolute Gasteiger partial charge is 0.325 e. The number of aromatic nitrogens is 4. The van der Waals surface area contributed by atoms with Crippen molar-refractivity contribution in [3.05, 3.63) is 23.0 Å². The third kappa shape index (κ3) is 3.35. The first-order chi connectivity index (χ1) is 14.5. The number of nitrogens with one attached hydrogen (secondary N) is 2. The van der Waals surface area contributed by atoms with Crippen LogP contribution in [-0.4, -0.2) is 62.7 Å². The lowest BCUT2D eigenvalue weighted by Gasteiger charge is -2.45. The Labute approximate surface area is 176 Å². The Kier molecular flexibility index (Phi) is 4.94. The number of carbonyl (C=O) groups excluding carboxylic acids is 1. The van der Waals surface area contributed by atoms with Crippen LogP contribution in [-0.2, 0) is 17.6 Å². The van der Waals surface area contributed by atoms with Crippen molar-refractivity contribution in [3.8, 4) is 0 Å². The summed E-state index contributed by atoms with van der Waals surface area (Å²) in [7, 11) is 0. The molecule has 2 unspecified atom stereocenters. The van der Waals surface area contributed by atoms with E-state index >= 15 is 0 Å². The van der Waals surface area contributed by atoms with Gasteiger partial charge in [-0.05, 0) is 38.0 Å². The summed E-state index contributed by atoms with van der Waals surface area (Å²) in [5.41, 5.74) is 9.34. The van der Waals surface area contributed by atoms with Crippen LogP contribution in [0.5, 0.6) is 0 Å². The average Bonchev–Trinajstić information content (AvgIpc) is 3.43. The van der Waals surface area contributed by atoms with Gasteiger partial charge in [0.2, 0.25) is 5.95 Å². The van der Waals surface area contributed by atoms with Crippen molar-refractivity contribution in [2.75, 3.05) is 23.3 Å². The van der Waals surface area contributed by atoms with Crippen LogP contribution in [0, 0.1) is 0 Å². The predicted molar refractivity (Wildman–Crippen MR) is 115 cm³/mol. The summed E-state index contributed by atoms with van der Waals surface area (Å²) in [6.07, 6.45) is 5.88. The summed E-state index contributed by atoms with van der Waals surface area (Å²) in [5, 5.41) is 10.9. The van der Waals surface area contributed by atoms with E-state index in [1.165, 1.54) is 0 Å². The predicted octanol–water partition coefficient (Wildman–Crippen LogP) is 1.69. The number of hydrogen-bond acceptors (Lipinski definition) is 8. The molecule has 30 heavy (non-hydrogen) atoms. The molecule has 0 spiro atoms. The van der Waals surface area contributed by atoms with Gasteiger partial charge in [0.05, 0.1) is 17.9 Å². The molecule has 2 saturated heterocycles. The van der Waals surface area contributed by atoms with E-state index < -0.39 is 0 Å². The van der Waals surface area contributed by atoms with Gasteiger partial charge in [-0.25, -0.2) is 4.98 Å². The van der Waals surface area contributed by atoms with Gasteiger partial charge in [-0.3, -0.25) is 10.00 Å². The molecule has 2 atom stereocenters. The van der Waals surface area contributed by atoms with E-state index in [1.807, 2.05) is 6.07 Å². The van der Waals surface area contributed by atoms with Crippen molar-refractivity contribution < 1.29 is 4.79 Å². The fourth-order valence-corrected chi connectivity index (χ4v) is 4.84. The maximum absolute atomic E-state index is 11.8. The number of aromatic amines is 1. The summed E-state index contributed by atoms with van der Waals surface area (Å²) in [5.74, 6) is 2.58. The fraction of sp³-hybridized carbons (Fsp3) is 0.619. The van der Waals surface area contributed by atoms with Crippen molar-refractivity contribution in [2.45, 2.75) is 70.1 Å². The number of rotatable bonds is 6. The SMILES string of the molecule is CC(C)c1cc(Nc2nc(N3C(C=O)CCC3N3CC(N)C3)nc3c2CCC3)n[nH]1. The van der Waals surface area contributed by atoms with Crippen LogP contribution in [0.2, 0.25) is 0 Å². The fourth-order valence-electron chi connectivity index (χ4n) is 4.84. The highest BCUT2D eigenvalue weighted by molar-refractivity contribution is 5.67. The second-order valence-corrected chi connectivity index (χ2v) is 9.02. The topological polar surface area (TPSA) is 116 Å². The number of H-pyrrole nitrogens is 1. The molecule has 0 amide bonds. The molecule has 4 N–H and O–H groups in total. The monoisotopic (exact) mass is 410 g/mol. The Bertz CT molecular complexity index is 935. The van der Waals surface area contributed by atoms with E-state index in [1.54, 1.807) is 0 Å². The number of likely N-dealkylation sites (tertiary alicyclic amines) is 1.